The number of hydrogen-bond acceptors (Lipinski definition) is 2. The minimum absolute atomic E-state index is 0.541. The Bertz CT molecular complexity index is 156. The molecule has 0 spiro atoms. The standard InChI is InChI=1S/C5H8F2O2S/c1-9-4(5(6)7)3-10(2)8/h3,5H,1-2H3/b4-3+. The normalized spacial score (nSPS) is 15.5. The zero-order valence-electron chi connectivity index (χ0n) is 5.64. The lowest BCUT2D eigenvalue weighted by Crippen LogP contribution is -2.00. The molecule has 60 valence electrons. The van der Waals surface area contributed by atoms with Gasteiger partial charge in [-0.1, -0.05) is 0 Å². The molecule has 0 rings (SSSR count). The van der Waals surface area contributed by atoms with Gasteiger partial charge in [0.15, 0.2) is 5.76 Å². The molecule has 0 radical (unpaired) electrons. The van der Waals surface area contributed by atoms with E-state index in [-0.39, 0.29) is 0 Å². The van der Waals surface area contributed by atoms with Crippen LogP contribution < -0.4 is 0 Å². The zero-order chi connectivity index (χ0) is 8.15. The summed E-state index contributed by atoms with van der Waals surface area (Å²) < 4.78 is 38.0. The third-order valence-electron chi connectivity index (χ3n) is 0.733. The summed E-state index contributed by atoms with van der Waals surface area (Å²) in [7, 11) is -0.267. The Hall–Kier alpha value is -0.450. The van der Waals surface area contributed by atoms with Crippen molar-refractivity contribution in [1.82, 2.24) is 0 Å². The highest BCUT2D eigenvalue weighted by Gasteiger charge is 2.10. The molecule has 0 aromatic heterocycles. The molecule has 0 fully saturated rings. The van der Waals surface area contributed by atoms with Crippen molar-refractivity contribution in [1.29, 1.82) is 0 Å². The van der Waals surface area contributed by atoms with Gasteiger partial charge in [0.1, 0.15) is 0 Å². The highest BCUT2D eigenvalue weighted by Crippen LogP contribution is 2.08. The molecule has 1 unspecified atom stereocenters. The van der Waals surface area contributed by atoms with E-state index >= 15 is 0 Å². The van der Waals surface area contributed by atoms with E-state index in [2.05, 4.69) is 4.74 Å². The van der Waals surface area contributed by atoms with Gasteiger partial charge in [-0.25, -0.2) is 8.78 Å². The molecule has 5 heteroatoms. The van der Waals surface area contributed by atoms with Gasteiger partial charge in [0, 0.05) is 22.5 Å². The lowest BCUT2D eigenvalue weighted by molar-refractivity contribution is 0.107. The van der Waals surface area contributed by atoms with Crippen LogP contribution in [0.15, 0.2) is 11.2 Å². The molecular formula is C5H8F2O2S. The van der Waals surface area contributed by atoms with Crippen molar-refractivity contribution in [2.45, 2.75) is 6.43 Å². The Morgan fingerprint density at radius 1 is 1.70 bits per heavy atom. The summed E-state index contributed by atoms with van der Waals surface area (Å²) in [5.74, 6) is -0.541. The van der Waals surface area contributed by atoms with E-state index in [0.717, 1.165) is 12.5 Å². The van der Waals surface area contributed by atoms with Gasteiger partial charge in [0.25, 0.3) is 6.43 Å². The maximum atomic E-state index is 11.7. The predicted octanol–water partition coefficient (Wildman–Crippen LogP) is 1.12. The van der Waals surface area contributed by atoms with E-state index in [1.165, 1.54) is 6.26 Å². The molecule has 0 amide bonds. The summed E-state index contributed by atoms with van der Waals surface area (Å²) in [5, 5.41) is 0.880. The molecule has 0 aromatic rings. The molecule has 0 aliphatic heterocycles. The first-order valence-electron chi connectivity index (χ1n) is 2.44. The van der Waals surface area contributed by atoms with Crippen LogP contribution in [-0.4, -0.2) is 24.0 Å². The Morgan fingerprint density at radius 2 is 2.20 bits per heavy atom. The molecule has 0 aliphatic carbocycles. The van der Waals surface area contributed by atoms with E-state index in [9.17, 15) is 13.0 Å². The molecule has 0 aromatic carbocycles. The molecule has 0 heterocycles. The zero-order valence-corrected chi connectivity index (χ0v) is 6.45. The molecule has 0 saturated heterocycles. The van der Waals surface area contributed by atoms with Gasteiger partial charge in [-0.15, -0.1) is 0 Å². The van der Waals surface area contributed by atoms with Gasteiger partial charge in [0.05, 0.1) is 7.11 Å². The van der Waals surface area contributed by atoms with E-state index in [1.807, 2.05) is 0 Å². The maximum absolute atomic E-state index is 11.7. The predicted molar refractivity (Wildman–Crippen MR) is 35.2 cm³/mol. The summed E-state index contributed by atoms with van der Waals surface area (Å²) in [6.45, 7) is 0. The van der Waals surface area contributed by atoms with Crippen molar-refractivity contribution in [2.24, 2.45) is 0 Å². The number of ether oxygens (including phenoxy) is 1. The monoisotopic (exact) mass is 170 g/mol. The fourth-order valence-corrected chi connectivity index (χ4v) is 0.878. The van der Waals surface area contributed by atoms with E-state index in [1.54, 1.807) is 0 Å². The smallest absolute Gasteiger partial charge is 0.295 e. The SMILES string of the molecule is CO/C(=C/S(C)=O)C(F)F. The van der Waals surface area contributed by atoms with Gasteiger partial charge in [0.2, 0.25) is 0 Å². The molecule has 0 aliphatic rings. The Balaban J connectivity index is 4.18. The molecule has 0 saturated carbocycles. The second kappa shape index (κ2) is 4.38. The fraction of sp³-hybridized carbons (Fsp3) is 0.600. The summed E-state index contributed by atoms with van der Waals surface area (Å²) in [5.41, 5.74) is 0. The van der Waals surface area contributed by atoms with Gasteiger partial charge >= 0.3 is 0 Å². The number of methoxy groups -OCH3 is 1. The van der Waals surface area contributed by atoms with E-state index in [0.29, 0.717) is 0 Å². The van der Waals surface area contributed by atoms with Crippen molar-refractivity contribution < 1.29 is 17.7 Å². The number of allylic oxidation sites excluding steroid dienone is 1. The van der Waals surface area contributed by atoms with Crippen molar-refractivity contribution in [3.8, 4) is 0 Å². The highest BCUT2D eigenvalue weighted by atomic mass is 32.2. The molecule has 1 atom stereocenters. The van der Waals surface area contributed by atoms with Crippen molar-refractivity contribution in [3.63, 3.8) is 0 Å². The van der Waals surface area contributed by atoms with Crippen LogP contribution in [-0.2, 0) is 15.5 Å². The lowest BCUT2D eigenvalue weighted by atomic mass is 10.6. The highest BCUT2D eigenvalue weighted by molar-refractivity contribution is 7.87. The van der Waals surface area contributed by atoms with Crippen molar-refractivity contribution >= 4 is 10.8 Å². The first-order valence-corrected chi connectivity index (χ1v) is 4.06. The minimum Gasteiger partial charge on any atom is -0.494 e. The average Bonchev–Trinajstić information content (AvgIpc) is 1.81. The molecule has 0 N–H and O–H groups in total. The third-order valence-corrected chi connectivity index (χ3v) is 1.30. The molecular weight excluding hydrogens is 162 g/mol. The van der Waals surface area contributed by atoms with Gasteiger partial charge in [-0.05, 0) is 0 Å². The van der Waals surface area contributed by atoms with Crippen LogP contribution in [0.1, 0.15) is 0 Å². The Labute approximate surface area is 60.3 Å². The molecule has 2 nitrogen and oxygen atoms in total. The Morgan fingerprint density at radius 3 is 2.30 bits per heavy atom. The first-order chi connectivity index (χ1) is 4.57. The van der Waals surface area contributed by atoms with Crippen LogP contribution in [0.25, 0.3) is 0 Å². The second-order valence-corrected chi connectivity index (χ2v) is 2.76. The number of alkyl halides is 2. The van der Waals surface area contributed by atoms with Gasteiger partial charge in [-0.2, -0.15) is 0 Å². The van der Waals surface area contributed by atoms with E-state index < -0.39 is 23.0 Å². The van der Waals surface area contributed by atoms with Crippen molar-refractivity contribution in [2.75, 3.05) is 13.4 Å². The number of rotatable bonds is 3. The van der Waals surface area contributed by atoms with Crippen LogP contribution in [0.5, 0.6) is 0 Å². The molecule has 10 heavy (non-hydrogen) atoms. The summed E-state index contributed by atoms with van der Waals surface area (Å²) in [6, 6.07) is 0. The van der Waals surface area contributed by atoms with Gasteiger partial charge in [-0.3, -0.25) is 4.21 Å². The largest absolute Gasteiger partial charge is 0.494 e. The summed E-state index contributed by atoms with van der Waals surface area (Å²) in [4.78, 5) is 0. The van der Waals surface area contributed by atoms with Crippen molar-refractivity contribution in [3.05, 3.63) is 11.2 Å². The number of hydrogen-bond donors (Lipinski definition) is 0. The van der Waals surface area contributed by atoms with Gasteiger partial charge < -0.3 is 4.74 Å². The second-order valence-electron chi connectivity index (χ2n) is 1.52. The first kappa shape index (κ1) is 9.55. The minimum atomic E-state index is -2.69. The van der Waals surface area contributed by atoms with Crippen LogP contribution in [0.3, 0.4) is 0 Å². The van der Waals surface area contributed by atoms with Crippen LogP contribution >= 0.6 is 0 Å². The van der Waals surface area contributed by atoms with Crippen LogP contribution in [0.2, 0.25) is 0 Å². The molecule has 0 bridgehead atoms. The third kappa shape index (κ3) is 3.55. The fourth-order valence-electron chi connectivity index (χ4n) is 0.352. The summed E-state index contributed by atoms with van der Waals surface area (Å²) >= 11 is 0. The lowest BCUT2D eigenvalue weighted by Gasteiger charge is -2.01. The quantitative estimate of drug-likeness (QED) is 0.593. The van der Waals surface area contributed by atoms with Crippen LogP contribution in [0, 0.1) is 0 Å². The number of halogens is 2. The van der Waals surface area contributed by atoms with E-state index in [4.69, 9.17) is 0 Å². The topological polar surface area (TPSA) is 26.3 Å². The van der Waals surface area contributed by atoms with Crippen LogP contribution in [0.4, 0.5) is 8.78 Å². The summed E-state index contributed by atoms with van der Waals surface area (Å²) in [6.07, 6.45) is -1.39. The maximum Gasteiger partial charge on any atom is 0.295 e. The Kier molecular flexibility index (Phi) is 4.18. The average molecular weight is 170 g/mol.